The normalized spacial score (nSPS) is 12.7. The molecular weight excluding hydrogens is 432 g/mol. The molecule has 13 heteroatoms. The van der Waals surface area contributed by atoms with E-state index in [4.69, 9.17) is 15.2 Å². The van der Waals surface area contributed by atoms with Gasteiger partial charge in [0.05, 0.1) is 5.71 Å². The summed E-state index contributed by atoms with van der Waals surface area (Å²) in [4.78, 5) is 13.0. The number of hydrogen-bond acceptors (Lipinski definition) is 11. The summed E-state index contributed by atoms with van der Waals surface area (Å²) in [6.45, 7) is 1.80. The molecule has 4 aromatic rings. The third kappa shape index (κ3) is 3.67. The number of ether oxygens (including phenoxy) is 2. The number of nitrogens with two attached hydrogens (primary N) is 1. The van der Waals surface area contributed by atoms with Crippen molar-refractivity contribution in [3.63, 3.8) is 0 Å². The maximum absolute atomic E-state index is 13.0. The van der Waals surface area contributed by atoms with Crippen LogP contribution in [0.25, 0.3) is 17.1 Å². The molecule has 0 aliphatic carbocycles. The van der Waals surface area contributed by atoms with E-state index < -0.39 is 5.91 Å². The standard InChI is InChI=1S/C20H16N8O5/c1-10(11-2-5-13(29)6-3-11)22-24-20(30)16-17(12-4-7-14-15(8-12)32-9-31-14)28(27-23-16)19-18(21)25-33-26-19/h2-8,29H,9H2,1H3,(H2,21,25)(H,24,30)/b22-10-. The Morgan fingerprint density at radius 2 is 1.94 bits per heavy atom. The molecule has 3 heterocycles. The Kier molecular flexibility index (Phi) is 4.82. The number of hydrazone groups is 1. The van der Waals surface area contributed by atoms with Crippen molar-refractivity contribution in [3.8, 4) is 34.3 Å². The number of aromatic nitrogens is 5. The van der Waals surface area contributed by atoms with Gasteiger partial charge in [-0.2, -0.15) is 9.78 Å². The lowest BCUT2D eigenvalue weighted by atomic mass is 10.1. The van der Waals surface area contributed by atoms with Crippen LogP contribution in [0.1, 0.15) is 23.0 Å². The number of phenolic OH excluding ortho intramolecular Hbond substituents is 1. The Hall–Kier alpha value is -4.94. The number of hydrogen-bond donors (Lipinski definition) is 3. The number of nitrogens with one attached hydrogen (secondary N) is 1. The quantitative estimate of drug-likeness (QED) is 0.299. The summed E-state index contributed by atoms with van der Waals surface area (Å²) in [6.07, 6.45) is 0. The zero-order valence-electron chi connectivity index (χ0n) is 17.1. The number of anilines is 1. The second kappa shape index (κ2) is 7.96. The van der Waals surface area contributed by atoms with E-state index in [9.17, 15) is 9.90 Å². The van der Waals surface area contributed by atoms with Gasteiger partial charge in [-0.3, -0.25) is 4.79 Å². The van der Waals surface area contributed by atoms with Crippen molar-refractivity contribution in [2.75, 3.05) is 12.5 Å². The molecule has 1 aliphatic rings. The Morgan fingerprint density at radius 1 is 1.15 bits per heavy atom. The summed E-state index contributed by atoms with van der Waals surface area (Å²) in [6, 6.07) is 11.5. The highest BCUT2D eigenvalue weighted by Crippen LogP contribution is 2.37. The van der Waals surface area contributed by atoms with Gasteiger partial charge in [0.2, 0.25) is 18.4 Å². The Morgan fingerprint density at radius 3 is 2.70 bits per heavy atom. The first-order chi connectivity index (χ1) is 16.0. The topological polar surface area (TPSA) is 176 Å². The molecular formula is C20H16N8O5. The molecule has 0 atom stereocenters. The lowest BCUT2D eigenvalue weighted by molar-refractivity contribution is 0.0950. The fourth-order valence-electron chi connectivity index (χ4n) is 3.18. The largest absolute Gasteiger partial charge is 0.508 e. The fourth-order valence-corrected chi connectivity index (χ4v) is 3.18. The van der Waals surface area contributed by atoms with Crippen molar-refractivity contribution in [1.29, 1.82) is 0 Å². The van der Waals surface area contributed by atoms with Gasteiger partial charge in [-0.15, -0.1) is 5.10 Å². The second-order valence-electron chi connectivity index (χ2n) is 6.92. The zero-order chi connectivity index (χ0) is 22.9. The van der Waals surface area contributed by atoms with Crippen molar-refractivity contribution in [3.05, 3.63) is 53.7 Å². The molecule has 13 nitrogen and oxygen atoms in total. The van der Waals surface area contributed by atoms with Gasteiger partial charge >= 0.3 is 0 Å². The smallest absolute Gasteiger partial charge is 0.294 e. The molecule has 1 aliphatic heterocycles. The third-order valence-corrected chi connectivity index (χ3v) is 4.84. The molecule has 5 rings (SSSR count). The molecule has 0 spiro atoms. The van der Waals surface area contributed by atoms with Gasteiger partial charge < -0.3 is 20.3 Å². The number of nitrogen functional groups attached to an aromatic ring is 1. The van der Waals surface area contributed by atoms with Crippen LogP contribution in [0, 0.1) is 0 Å². The number of rotatable bonds is 5. The van der Waals surface area contributed by atoms with Crippen molar-refractivity contribution in [1.82, 2.24) is 30.7 Å². The van der Waals surface area contributed by atoms with E-state index in [0.717, 1.165) is 0 Å². The highest BCUT2D eigenvalue weighted by atomic mass is 16.7. The molecule has 0 saturated heterocycles. The Labute approximate surface area is 185 Å². The summed E-state index contributed by atoms with van der Waals surface area (Å²) < 4.78 is 16.7. The van der Waals surface area contributed by atoms with Crippen LogP contribution in [0.4, 0.5) is 5.82 Å². The van der Waals surface area contributed by atoms with Crippen LogP contribution < -0.4 is 20.6 Å². The van der Waals surface area contributed by atoms with Crippen LogP contribution in [-0.4, -0.2) is 48.8 Å². The van der Waals surface area contributed by atoms with E-state index in [-0.39, 0.29) is 35.6 Å². The van der Waals surface area contributed by atoms with E-state index in [1.165, 1.54) is 16.8 Å². The molecule has 2 aromatic carbocycles. The van der Waals surface area contributed by atoms with E-state index in [0.29, 0.717) is 28.3 Å². The van der Waals surface area contributed by atoms with Gasteiger partial charge in [0, 0.05) is 5.56 Å². The molecule has 0 fully saturated rings. The minimum Gasteiger partial charge on any atom is -0.508 e. The van der Waals surface area contributed by atoms with Crippen LogP contribution in [-0.2, 0) is 0 Å². The fraction of sp³-hybridized carbons (Fsp3) is 0.100. The van der Waals surface area contributed by atoms with Gasteiger partial charge in [-0.1, -0.05) is 5.21 Å². The summed E-state index contributed by atoms with van der Waals surface area (Å²) in [7, 11) is 0. The summed E-state index contributed by atoms with van der Waals surface area (Å²) in [5, 5.41) is 28.9. The third-order valence-electron chi connectivity index (χ3n) is 4.84. The first-order valence-corrected chi connectivity index (χ1v) is 9.59. The minimum absolute atomic E-state index is 0.0324. The van der Waals surface area contributed by atoms with Crippen molar-refractivity contribution in [2.24, 2.45) is 5.10 Å². The van der Waals surface area contributed by atoms with Crippen LogP contribution in [0.2, 0.25) is 0 Å². The SMILES string of the molecule is C/C(=N/NC(=O)c1nnn(-c2nonc2N)c1-c1ccc2c(c1)OCO2)c1ccc(O)cc1. The molecule has 0 bridgehead atoms. The average molecular weight is 448 g/mol. The molecule has 166 valence electrons. The number of aromatic hydroxyl groups is 1. The Balaban J connectivity index is 1.53. The average Bonchev–Trinajstić information content (AvgIpc) is 3.56. The van der Waals surface area contributed by atoms with Gasteiger partial charge in [0.1, 0.15) is 11.4 Å². The molecule has 4 N–H and O–H groups in total. The van der Waals surface area contributed by atoms with Gasteiger partial charge in [0.15, 0.2) is 17.2 Å². The minimum atomic E-state index is -0.623. The lowest BCUT2D eigenvalue weighted by Crippen LogP contribution is -2.21. The highest BCUT2D eigenvalue weighted by Gasteiger charge is 2.26. The summed E-state index contributed by atoms with van der Waals surface area (Å²) >= 11 is 0. The van der Waals surface area contributed by atoms with Gasteiger partial charge in [0.25, 0.3) is 5.91 Å². The summed E-state index contributed by atoms with van der Waals surface area (Å²) in [5.74, 6) is 0.608. The van der Waals surface area contributed by atoms with Gasteiger partial charge in [-0.05, 0) is 65.3 Å². The molecule has 0 radical (unpaired) electrons. The number of nitrogens with zero attached hydrogens (tertiary/aromatic N) is 6. The number of amides is 1. The predicted octanol–water partition coefficient (Wildman–Crippen LogP) is 1.49. The van der Waals surface area contributed by atoms with Crippen molar-refractivity contribution < 1.29 is 24.0 Å². The first-order valence-electron chi connectivity index (χ1n) is 9.59. The number of fused-ring (bicyclic) bond motifs is 1. The maximum Gasteiger partial charge on any atom is 0.294 e. The maximum atomic E-state index is 13.0. The predicted molar refractivity (Wildman–Crippen MR) is 113 cm³/mol. The number of benzene rings is 2. The number of carbonyl (C=O) groups is 1. The Bertz CT molecular complexity index is 1380. The first kappa shape index (κ1) is 20.0. The lowest BCUT2D eigenvalue weighted by Gasteiger charge is -2.07. The molecule has 1 amide bonds. The van der Waals surface area contributed by atoms with Crippen LogP contribution in [0.15, 0.2) is 52.2 Å². The zero-order valence-corrected chi connectivity index (χ0v) is 17.1. The monoisotopic (exact) mass is 448 g/mol. The van der Waals surface area contributed by atoms with Crippen molar-refractivity contribution in [2.45, 2.75) is 6.92 Å². The van der Waals surface area contributed by atoms with Crippen molar-refractivity contribution >= 4 is 17.4 Å². The molecule has 33 heavy (non-hydrogen) atoms. The highest BCUT2D eigenvalue weighted by molar-refractivity contribution is 6.02. The molecule has 0 saturated carbocycles. The number of carbonyl (C=O) groups excluding carboxylic acids is 1. The summed E-state index contributed by atoms with van der Waals surface area (Å²) in [5.41, 5.74) is 10.3. The van der Waals surface area contributed by atoms with E-state index in [2.05, 4.69) is 35.8 Å². The van der Waals surface area contributed by atoms with E-state index in [1.54, 1.807) is 37.3 Å². The van der Waals surface area contributed by atoms with E-state index >= 15 is 0 Å². The van der Waals surface area contributed by atoms with Gasteiger partial charge in [-0.25, -0.2) is 10.1 Å². The number of phenols is 1. The molecule has 2 aromatic heterocycles. The van der Waals surface area contributed by atoms with Crippen LogP contribution in [0.3, 0.4) is 0 Å². The van der Waals surface area contributed by atoms with Crippen LogP contribution >= 0.6 is 0 Å². The van der Waals surface area contributed by atoms with E-state index in [1.807, 2.05) is 0 Å². The second-order valence-corrected chi connectivity index (χ2v) is 6.92. The van der Waals surface area contributed by atoms with Crippen LogP contribution in [0.5, 0.6) is 17.2 Å². The molecule has 0 unspecified atom stereocenters.